The van der Waals surface area contributed by atoms with Gasteiger partial charge in [0.1, 0.15) is 0 Å². The van der Waals surface area contributed by atoms with Crippen molar-refractivity contribution in [2.24, 2.45) is 4.99 Å². The average molecular weight is 218 g/mol. The molecule has 2 heteroatoms. The standard InChI is InChI=1S/C14H22N2/c1-10(2)12-7-8-14(13(9-12)15-5)16(6)11(3)4/h7-11H,5H2,1-4,6H3. The molecule has 2 nitrogen and oxygen atoms in total. The molecule has 0 bridgehead atoms. The smallest absolute Gasteiger partial charge is 0.0858 e. The summed E-state index contributed by atoms with van der Waals surface area (Å²) in [5, 5.41) is 0. The molecule has 0 amide bonds. The average Bonchev–Trinajstić information content (AvgIpc) is 2.26. The van der Waals surface area contributed by atoms with E-state index in [1.54, 1.807) is 0 Å². The molecule has 0 radical (unpaired) electrons. The number of aliphatic imine (C=N–C) groups is 1. The van der Waals surface area contributed by atoms with Crippen molar-refractivity contribution < 1.29 is 0 Å². The van der Waals surface area contributed by atoms with E-state index < -0.39 is 0 Å². The predicted molar refractivity (Wildman–Crippen MR) is 73.3 cm³/mol. The number of anilines is 1. The zero-order chi connectivity index (χ0) is 12.3. The van der Waals surface area contributed by atoms with Crippen LogP contribution in [0.2, 0.25) is 0 Å². The van der Waals surface area contributed by atoms with Gasteiger partial charge in [-0.25, -0.2) is 0 Å². The molecule has 1 aromatic rings. The van der Waals surface area contributed by atoms with Crippen molar-refractivity contribution in [1.82, 2.24) is 0 Å². The summed E-state index contributed by atoms with van der Waals surface area (Å²) >= 11 is 0. The van der Waals surface area contributed by atoms with Crippen LogP contribution in [0.25, 0.3) is 0 Å². The van der Waals surface area contributed by atoms with E-state index in [0.717, 1.165) is 11.4 Å². The Balaban J connectivity index is 3.16. The van der Waals surface area contributed by atoms with Crippen LogP contribution in [-0.2, 0) is 0 Å². The SMILES string of the molecule is C=Nc1cc(C(C)C)ccc1N(C)C(C)C. The molecule has 0 N–H and O–H groups in total. The molecule has 0 saturated carbocycles. The van der Waals surface area contributed by atoms with Gasteiger partial charge in [-0.05, 0) is 44.2 Å². The third kappa shape index (κ3) is 2.63. The quantitative estimate of drug-likeness (QED) is 0.698. The van der Waals surface area contributed by atoms with Gasteiger partial charge in [-0.3, -0.25) is 4.99 Å². The van der Waals surface area contributed by atoms with E-state index in [2.05, 4.69) is 69.6 Å². The first-order valence-electron chi connectivity index (χ1n) is 5.80. The Morgan fingerprint density at radius 2 is 1.81 bits per heavy atom. The van der Waals surface area contributed by atoms with Gasteiger partial charge in [0.25, 0.3) is 0 Å². The minimum Gasteiger partial charge on any atom is -0.370 e. The molecule has 0 fully saturated rings. The van der Waals surface area contributed by atoms with Gasteiger partial charge in [0.05, 0.1) is 11.4 Å². The fraction of sp³-hybridized carbons (Fsp3) is 0.500. The van der Waals surface area contributed by atoms with Crippen molar-refractivity contribution in [3.05, 3.63) is 23.8 Å². The zero-order valence-electron chi connectivity index (χ0n) is 11.0. The highest BCUT2D eigenvalue weighted by atomic mass is 15.1. The molecule has 0 aliphatic carbocycles. The lowest BCUT2D eigenvalue weighted by atomic mass is 10.0. The third-order valence-electron chi connectivity index (χ3n) is 2.99. The Labute approximate surface area is 99.0 Å². The van der Waals surface area contributed by atoms with E-state index in [1.165, 1.54) is 5.56 Å². The summed E-state index contributed by atoms with van der Waals surface area (Å²) in [6.07, 6.45) is 0. The van der Waals surface area contributed by atoms with Gasteiger partial charge in [-0.2, -0.15) is 0 Å². The first kappa shape index (κ1) is 12.8. The van der Waals surface area contributed by atoms with E-state index in [9.17, 15) is 0 Å². The van der Waals surface area contributed by atoms with Gasteiger partial charge in [0.2, 0.25) is 0 Å². The summed E-state index contributed by atoms with van der Waals surface area (Å²) in [6, 6.07) is 6.91. The normalized spacial score (nSPS) is 10.9. The Hall–Kier alpha value is -1.31. The minimum absolute atomic E-state index is 0.463. The van der Waals surface area contributed by atoms with Gasteiger partial charge in [0, 0.05) is 13.1 Å². The molecule has 1 aromatic carbocycles. The van der Waals surface area contributed by atoms with E-state index in [4.69, 9.17) is 0 Å². The van der Waals surface area contributed by atoms with Crippen molar-refractivity contribution in [3.8, 4) is 0 Å². The molecule has 0 aliphatic rings. The van der Waals surface area contributed by atoms with Gasteiger partial charge in [-0.15, -0.1) is 0 Å². The molecule has 88 valence electrons. The van der Waals surface area contributed by atoms with Crippen LogP contribution in [0.5, 0.6) is 0 Å². The van der Waals surface area contributed by atoms with Gasteiger partial charge in [-0.1, -0.05) is 19.9 Å². The van der Waals surface area contributed by atoms with Gasteiger partial charge >= 0.3 is 0 Å². The topological polar surface area (TPSA) is 15.6 Å². The first-order valence-corrected chi connectivity index (χ1v) is 5.80. The zero-order valence-corrected chi connectivity index (χ0v) is 11.0. The van der Waals surface area contributed by atoms with Gasteiger partial charge < -0.3 is 4.90 Å². The van der Waals surface area contributed by atoms with Crippen molar-refractivity contribution in [3.63, 3.8) is 0 Å². The van der Waals surface area contributed by atoms with Crippen molar-refractivity contribution in [2.45, 2.75) is 39.7 Å². The molecule has 0 aliphatic heterocycles. The molecule has 1 rings (SSSR count). The summed E-state index contributed by atoms with van der Waals surface area (Å²) < 4.78 is 0. The first-order chi connectivity index (χ1) is 7.47. The second-order valence-electron chi connectivity index (χ2n) is 4.77. The highest BCUT2D eigenvalue weighted by Crippen LogP contribution is 2.32. The number of rotatable bonds is 4. The molecule has 0 saturated heterocycles. The van der Waals surface area contributed by atoms with Crippen LogP contribution in [0.15, 0.2) is 23.2 Å². The molecule has 16 heavy (non-hydrogen) atoms. The molecular weight excluding hydrogens is 196 g/mol. The summed E-state index contributed by atoms with van der Waals surface area (Å²) in [5.41, 5.74) is 3.43. The highest BCUT2D eigenvalue weighted by molar-refractivity contribution is 5.70. The van der Waals surface area contributed by atoms with Crippen LogP contribution >= 0.6 is 0 Å². The van der Waals surface area contributed by atoms with Crippen LogP contribution in [0.3, 0.4) is 0 Å². The fourth-order valence-corrected chi connectivity index (χ4v) is 1.60. The maximum Gasteiger partial charge on any atom is 0.0858 e. The number of benzene rings is 1. The highest BCUT2D eigenvalue weighted by Gasteiger charge is 2.11. The largest absolute Gasteiger partial charge is 0.370 e. The Morgan fingerprint density at radius 1 is 1.19 bits per heavy atom. The second-order valence-corrected chi connectivity index (χ2v) is 4.77. The Bertz CT molecular complexity index is 367. The van der Waals surface area contributed by atoms with E-state index in [0.29, 0.717) is 12.0 Å². The van der Waals surface area contributed by atoms with Crippen LogP contribution in [0.1, 0.15) is 39.2 Å². The lowest BCUT2D eigenvalue weighted by Crippen LogP contribution is -2.25. The van der Waals surface area contributed by atoms with E-state index in [-0.39, 0.29) is 0 Å². The van der Waals surface area contributed by atoms with Crippen LogP contribution in [0.4, 0.5) is 11.4 Å². The monoisotopic (exact) mass is 218 g/mol. The van der Waals surface area contributed by atoms with Crippen molar-refractivity contribution >= 4 is 18.1 Å². The summed E-state index contributed by atoms with van der Waals surface area (Å²) in [6.45, 7) is 12.4. The fourth-order valence-electron chi connectivity index (χ4n) is 1.60. The number of nitrogens with zero attached hydrogens (tertiary/aromatic N) is 2. The van der Waals surface area contributed by atoms with E-state index >= 15 is 0 Å². The maximum atomic E-state index is 4.13. The lowest BCUT2D eigenvalue weighted by molar-refractivity contribution is 0.754. The third-order valence-corrected chi connectivity index (χ3v) is 2.99. The molecule has 0 heterocycles. The van der Waals surface area contributed by atoms with E-state index in [1.807, 2.05) is 0 Å². The molecule has 0 spiro atoms. The Kier molecular flexibility index (Phi) is 4.11. The summed E-state index contributed by atoms with van der Waals surface area (Å²) in [4.78, 5) is 6.34. The summed E-state index contributed by atoms with van der Waals surface area (Å²) in [7, 11) is 2.09. The number of hydrogen-bond donors (Lipinski definition) is 0. The minimum atomic E-state index is 0.463. The van der Waals surface area contributed by atoms with Crippen LogP contribution in [-0.4, -0.2) is 19.8 Å². The van der Waals surface area contributed by atoms with Crippen LogP contribution in [0, 0.1) is 0 Å². The van der Waals surface area contributed by atoms with Gasteiger partial charge in [0.15, 0.2) is 0 Å². The Morgan fingerprint density at radius 3 is 2.25 bits per heavy atom. The molecular formula is C14H22N2. The molecule has 0 aromatic heterocycles. The van der Waals surface area contributed by atoms with Crippen molar-refractivity contribution in [2.75, 3.05) is 11.9 Å². The van der Waals surface area contributed by atoms with Crippen molar-refractivity contribution in [1.29, 1.82) is 0 Å². The van der Waals surface area contributed by atoms with Crippen LogP contribution < -0.4 is 4.90 Å². The lowest BCUT2D eigenvalue weighted by Gasteiger charge is -2.25. The summed E-state index contributed by atoms with van der Waals surface area (Å²) in [5.74, 6) is 0.527. The molecule has 0 atom stereocenters. The molecule has 0 unspecified atom stereocenters. The number of hydrogen-bond acceptors (Lipinski definition) is 2. The second kappa shape index (κ2) is 5.15. The predicted octanol–water partition coefficient (Wildman–Crippen LogP) is 3.99. The maximum absolute atomic E-state index is 4.13.